The molecule has 0 aromatic carbocycles. The summed E-state index contributed by atoms with van der Waals surface area (Å²) >= 11 is 0. The van der Waals surface area contributed by atoms with E-state index >= 15 is 0 Å². The predicted molar refractivity (Wildman–Crippen MR) is 105 cm³/mol. The molecule has 0 radical (unpaired) electrons. The number of hydrogen-bond donors (Lipinski definition) is 2. The molecule has 2 fully saturated rings. The Morgan fingerprint density at radius 2 is 2.15 bits per heavy atom. The Morgan fingerprint density at radius 1 is 1.33 bits per heavy atom. The van der Waals surface area contributed by atoms with Gasteiger partial charge >= 0.3 is 0 Å². The Hall–Kier alpha value is -1.67. The van der Waals surface area contributed by atoms with Crippen molar-refractivity contribution < 1.29 is 4.74 Å². The van der Waals surface area contributed by atoms with Crippen molar-refractivity contribution in [3.63, 3.8) is 0 Å². The highest BCUT2D eigenvalue weighted by Gasteiger charge is 2.39. The van der Waals surface area contributed by atoms with Gasteiger partial charge < -0.3 is 15.4 Å². The Balaban J connectivity index is 1.43. The minimum atomic E-state index is 0.169. The summed E-state index contributed by atoms with van der Waals surface area (Å²) in [7, 11) is 0. The smallest absolute Gasteiger partial charge is 0.191 e. The molecule has 3 aliphatic heterocycles. The SMILES string of the molecule is CCNC(=NCC1(N2CCCC2)CCOCC1)NC1CCc2ncnn2C1. The van der Waals surface area contributed by atoms with E-state index < -0.39 is 0 Å². The van der Waals surface area contributed by atoms with Crippen LogP contribution in [-0.4, -0.2) is 76.6 Å². The average molecular weight is 376 g/mol. The Labute approximate surface area is 161 Å². The molecule has 8 heteroatoms. The number of rotatable bonds is 5. The summed E-state index contributed by atoms with van der Waals surface area (Å²) in [5.74, 6) is 2.02. The van der Waals surface area contributed by atoms with Gasteiger partial charge in [0, 0.05) is 37.8 Å². The molecule has 0 amide bonds. The van der Waals surface area contributed by atoms with Crippen molar-refractivity contribution in [2.75, 3.05) is 39.4 Å². The first-order valence-electron chi connectivity index (χ1n) is 10.5. The van der Waals surface area contributed by atoms with Crippen LogP contribution in [0, 0.1) is 0 Å². The first-order valence-corrected chi connectivity index (χ1v) is 10.5. The first-order chi connectivity index (χ1) is 13.3. The van der Waals surface area contributed by atoms with E-state index in [1.54, 1.807) is 6.33 Å². The van der Waals surface area contributed by atoms with Gasteiger partial charge in [-0.1, -0.05) is 0 Å². The van der Waals surface area contributed by atoms with Gasteiger partial charge in [-0.25, -0.2) is 9.67 Å². The number of nitrogens with one attached hydrogen (secondary N) is 2. The predicted octanol–water partition coefficient (Wildman–Crippen LogP) is 0.793. The third-order valence-electron chi connectivity index (χ3n) is 6.22. The zero-order chi connectivity index (χ0) is 18.5. The fourth-order valence-corrected chi connectivity index (χ4v) is 4.61. The summed E-state index contributed by atoms with van der Waals surface area (Å²) in [4.78, 5) is 12.0. The van der Waals surface area contributed by atoms with Crippen LogP contribution in [0.4, 0.5) is 0 Å². The maximum absolute atomic E-state index is 5.66. The Bertz CT molecular complexity index is 632. The monoisotopic (exact) mass is 375 g/mol. The van der Waals surface area contributed by atoms with Crippen molar-refractivity contribution in [2.45, 2.75) is 63.6 Å². The van der Waals surface area contributed by atoms with Crippen LogP contribution in [0.15, 0.2) is 11.3 Å². The lowest BCUT2D eigenvalue weighted by Crippen LogP contribution is -2.54. The maximum atomic E-state index is 5.66. The molecule has 1 aromatic rings. The third kappa shape index (κ3) is 4.27. The number of guanidine groups is 1. The molecule has 0 bridgehead atoms. The molecular weight excluding hydrogens is 342 g/mol. The van der Waals surface area contributed by atoms with Crippen LogP contribution in [0.3, 0.4) is 0 Å². The van der Waals surface area contributed by atoms with Gasteiger partial charge in [0.1, 0.15) is 12.2 Å². The average Bonchev–Trinajstić information content (AvgIpc) is 3.39. The van der Waals surface area contributed by atoms with Crippen molar-refractivity contribution in [1.82, 2.24) is 30.3 Å². The second-order valence-corrected chi connectivity index (χ2v) is 7.96. The summed E-state index contributed by atoms with van der Waals surface area (Å²) in [5.41, 5.74) is 0.169. The topological polar surface area (TPSA) is 79.6 Å². The zero-order valence-electron chi connectivity index (χ0n) is 16.5. The number of aromatic nitrogens is 3. The van der Waals surface area contributed by atoms with Crippen LogP contribution in [0.2, 0.25) is 0 Å². The highest BCUT2D eigenvalue weighted by molar-refractivity contribution is 5.80. The summed E-state index contributed by atoms with van der Waals surface area (Å²) in [5, 5.41) is 11.4. The van der Waals surface area contributed by atoms with E-state index in [2.05, 4.69) is 32.5 Å². The van der Waals surface area contributed by atoms with Crippen molar-refractivity contribution in [1.29, 1.82) is 0 Å². The minimum absolute atomic E-state index is 0.169. The van der Waals surface area contributed by atoms with E-state index in [0.717, 1.165) is 70.3 Å². The summed E-state index contributed by atoms with van der Waals surface area (Å²) in [6.45, 7) is 8.80. The molecule has 27 heavy (non-hydrogen) atoms. The number of likely N-dealkylation sites (tertiary alicyclic amines) is 1. The summed E-state index contributed by atoms with van der Waals surface area (Å²) in [6, 6.07) is 0.342. The molecule has 8 nitrogen and oxygen atoms in total. The van der Waals surface area contributed by atoms with Crippen LogP contribution in [0.5, 0.6) is 0 Å². The largest absolute Gasteiger partial charge is 0.381 e. The van der Waals surface area contributed by atoms with Crippen LogP contribution < -0.4 is 10.6 Å². The van der Waals surface area contributed by atoms with Gasteiger partial charge in [0.05, 0.1) is 13.1 Å². The molecule has 0 aliphatic carbocycles. The Kier molecular flexibility index (Phi) is 5.92. The standard InChI is InChI=1S/C19H33N7O/c1-2-20-18(24-16-5-6-17-22-15-23-26(17)13-16)21-14-19(7-11-27-12-8-19)25-9-3-4-10-25/h15-16H,2-14H2,1H3,(H2,20,21,24). The lowest BCUT2D eigenvalue weighted by Gasteiger charge is -2.43. The molecular formula is C19H33N7O. The highest BCUT2D eigenvalue weighted by Crippen LogP contribution is 2.31. The minimum Gasteiger partial charge on any atom is -0.381 e. The molecule has 1 aromatic heterocycles. The molecule has 0 spiro atoms. The molecule has 3 aliphatic rings. The molecule has 4 heterocycles. The second-order valence-electron chi connectivity index (χ2n) is 7.96. The van der Waals surface area contributed by atoms with E-state index in [9.17, 15) is 0 Å². The molecule has 150 valence electrons. The van der Waals surface area contributed by atoms with E-state index in [0.29, 0.717) is 6.04 Å². The maximum Gasteiger partial charge on any atom is 0.191 e. The lowest BCUT2D eigenvalue weighted by molar-refractivity contribution is -0.0139. The number of aryl methyl sites for hydroxylation is 1. The van der Waals surface area contributed by atoms with E-state index in [1.165, 1.54) is 25.9 Å². The lowest BCUT2D eigenvalue weighted by atomic mass is 9.88. The van der Waals surface area contributed by atoms with E-state index in [4.69, 9.17) is 9.73 Å². The fraction of sp³-hybridized carbons (Fsp3) is 0.842. The summed E-state index contributed by atoms with van der Waals surface area (Å²) in [6.07, 6.45) is 8.48. The number of nitrogens with zero attached hydrogens (tertiary/aromatic N) is 5. The highest BCUT2D eigenvalue weighted by atomic mass is 16.5. The summed E-state index contributed by atoms with van der Waals surface area (Å²) < 4.78 is 7.67. The van der Waals surface area contributed by atoms with Crippen LogP contribution in [-0.2, 0) is 17.7 Å². The van der Waals surface area contributed by atoms with Crippen molar-refractivity contribution in [3.8, 4) is 0 Å². The molecule has 1 atom stereocenters. The fourth-order valence-electron chi connectivity index (χ4n) is 4.61. The van der Waals surface area contributed by atoms with Crippen molar-refractivity contribution in [2.24, 2.45) is 4.99 Å². The van der Waals surface area contributed by atoms with Crippen molar-refractivity contribution >= 4 is 5.96 Å². The van der Waals surface area contributed by atoms with Crippen molar-refractivity contribution in [3.05, 3.63) is 12.2 Å². The zero-order valence-corrected chi connectivity index (χ0v) is 16.5. The van der Waals surface area contributed by atoms with Crippen LogP contribution in [0.1, 0.15) is 44.9 Å². The first kappa shape index (κ1) is 18.7. The number of fused-ring (bicyclic) bond motifs is 1. The van der Waals surface area contributed by atoms with Gasteiger partial charge in [-0.3, -0.25) is 9.89 Å². The molecule has 4 rings (SSSR count). The number of ether oxygens (including phenoxy) is 1. The van der Waals surface area contributed by atoms with E-state index in [-0.39, 0.29) is 5.54 Å². The van der Waals surface area contributed by atoms with Gasteiger partial charge in [-0.15, -0.1) is 0 Å². The molecule has 1 unspecified atom stereocenters. The van der Waals surface area contributed by atoms with Crippen LogP contribution >= 0.6 is 0 Å². The van der Waals surface area contributed by atoms with Gasteiger partial charge in [0.15, 0.2) is 5.96 Å². The molecule has 2 saturated heterocycles. The molecule has 0 saturated carbocycles. The van der Waals surface area contributed by atoms with E-state index in [1.807, 2.05) is 4.68 Å². The third-order valence-corrected chi connectivity index (χ3v) is 6.22. The normalized spacial score (nSPS) is 26.0. The second kappa shape index (κ2) is 8.56. The number of aliphatic imine (C=N–C) groups is 1. The van der Waals surface area contributed by atoms with Gasteiger partial charge in [-0.2, -0.15) is 5.10 Å². The van der Waals surface area contributed by atoms with Gasteiger partial charge in [0.25, 0.3) is 0 Å². The Morgan fingerprint density at radius 3 is 2.93 bits per heavy atom. The number of hydrogen-bond acceptors (Lipinski definition) is 5. The van der Waals surface area contributed by atoms with Crippen LogP contribution in [0.25, 0.3) is 0 Å². The quantitative estimate of drug-likeness (QED) is 0.585. The van der Waals surface area contributed by atoms with Gasteiger partial charge in [0.2, 0.25) is 0 Å². The van der Waals surface area contributed by atoms with Gasteiger partial charge in [-0.05, 0) is 52.1 Å². The molecule has 2 N–H and O–H groups in total.